The number of nitrogens with one attached hydrogen (secondary N) is 2. The topological polar surface area (TPSA) is 85.9 Å². The number of aliphatic hydroxyl groups is 1. The largest absolute Gasteiger partial charge is 0.444 e. The van der Waals surface area contributed by atoms with Gasteiger partial charge in [-0.1, -0.05) is 42.5 Å². The minimum Gasteiger partial charge on any atom is -0.444 e. The van der Waals surface area contributed by atoms with Crippen LogP contribution in [0.1, 0.15) is 23.7 Å². The van der Waals surface area contributed by atoms with E-state index in [9.17, 15) is 5.11 Å². The molecule has 1 aromatic heterocycles. The lowest BCUT2D eigenvalue weighted by atomic mass is 10.00. The van der Waals surface area contributed by atoms with Crippen molar-refractivity contribution < 1.29 is 9.52 Å². The summed E-state index contributed by atoms with van der Waals surface area (Å²) in [7, 11) is 0. The lowest BCUT2D eigenvalue weighted by molar-refractivity contribution is 0.108. The van der Waals surface area contributed by atoms with Gasteiger partial charge in [-0.2, -0.15) is 0 Å². The third kappa shape index (κ3) is 7.28. The van der Waals surface area contributed by atoms with Crippen molar-refractivity contribution in [3.05, 3.63) is 77.7 Å². The van der Waals surface area contributed by atoms with Crippen molar-refractivity contribution in [2.45, 2.75) is 32.5 Å². The van der Waals surface area contributed by atoms with Gasteiger partial charge in [-0.15, -0.1) is 24.0 Å². The molecule has 2 aromatic carbocycles. The number of fused-ring (bicyclic) bond motifs is 1. The molecule has 1 aliphatic rings. The number of aliphatic hydroxyl groups excluding tert-OH is 1. The van der Waals surface area contributed by atoms with Crippen LogP contribution in [0.2, 0.25) is 0 Å². The Kier molecular flexibility index (Phi) is 9.71. The van der Waals surface area contributed by atoms with Crippen LogP contribution in [0.4, 0.5) is 0 Å². The quantitative estimate of drug-likeness (QED) is 0.222. The van der Waals surface area contributed by atoms with Gasteiger partial charge >= 0.3 is 0 Å². The smallest absolute Gasteiger partial charge is 0.226 e. The number of benzene rings is 2. The fourth-order valence-electron chi connectivity index (χ4n) is 3.88. The molecule has 0 aliphatic carbocycles. The third-order valence-electron chi connectivity index (χ3n) is 5.50. The summed E-state index contributed by atoms with van der Waals surface area (Å²) in [5.41, 5.74) is 4.47. The van der Waals surface area contributed by atoms with E-state index >= 15 is 0 Å². The summed E-state index contributed by atoms with van der Waals surface area (Å²) in [5, 5.41) is 17.0. The number of hydrogen-bond acceptors (Lipinski definition) is 5. The number of rotatable bonds is 8. The number of aromatic nitrogens is 1. The second-order valence-corrected chi connectivity index (χ2v) is 7.99. The Hall–Kier alpha value is -2.43. The number of β-amino-alcohol motifs (C(OH)–C–C–N with tert-alkyl or cyclic N) is 1. The van der Waals surface area contributed by atoms with E-state index in [1.165, 1.54) is 11.1 Å². The van der Waals surface area contributed by atoms with Crippen LogP contribution in [-0.4, -0.2) is 53.2 Å². The highest BCUT2D eigenvalue weighted by Crippen LogP contribution is 2.19. The molecule has 4 rings (SSSR count). The van der Waals surface area contributed by atoms with Gasteiger partial charge in [0.25, 0.3) is 0 Å². The summed E-state index contributed by atoms with van der Waals surface area (Å²) in [5.74, 6) is 1.24. The Morgan fingerprint density at radius 3 is 2.67 bits per heavy atom. The predicted octanol–water partition coefficient (Wildman–Crippen LogP) is 3.43. The maximum Gasteiger partial charge on any atom is 0.226 e. The van der Waals surface area contributed by atoms with Crippen LogP contribution in [0.15, 0.2) is 70.3 Å². The van der Waals surface area contributed by atoms with Gasteiger partial charge in [0, 0.05) is 38.3 Å². The maximum atomic E-state index is 10.6. The van der Waals surface area contributed by atoms with Crippen LogP contribution in [0.5, 0.6) is 0 Å². The molecular formula is C25H32IN5O2. The predicted molar refractivity (Wildman–Crippen MR) is 142 cm³/mol. The van der Waals surface area contributed by atoms with Crippen molar-refractivity contribution in [1.82, 2.24) is 20.5 Å². The molecule has 1 aliphatic heterocycles. The molecule has 2 heterocycles. The van der Waals surface area contributed by atoms with Crippen LogP contribution < -0.4 is 10.6 Å². The minimum atomic E-state index is -0.485. The van der Waals surface area contributed by atoms with Crippen LogP contribution in [0, 0.1) is 0 Å². The highest BCUT2D eigenvalue weighted by molar-refractivity contribution is 14.0. The Labute approximate surface area is 212 Å². The lowest BCUT2D eigenvalue weighted by Gasteiger charge is -2.30. The summed E-state index contributed by atoms with van der Waals surface area (Å²) >= 11 is 0. The zero-order valence-electron chi connectivity index (χ0n) is 18.9. The first-order chi connectivity index (χ1) is 15.7. The molecule has 0 radical (unpaired) electrons. The summed E-state index contributed by atoms with van der Waals surface area (Å²) in [6.07, 6.45) is 2.18. The molecular weight excluding hydrogens is 529 g/mol. The van der Waals surface area contributed by atoms with Gasteiger partial charge in [-0.3, -0.25) is 4.90 Å². The van der Waals surface area contributed by atoms with Gasteiger partial charge < -0.3 is 20.2 Å². The van der Waals surface area contributed by atoms with E-state index in [1.807, 2.05) is 37.3 Å². The van der Waals surface area contributed by atoms with E-state index in [0.717, 1.165) is 37.3 Å². The number of nitrogens with zero attached hydrogens (tertiary/aromatic N) is 3. The minimum absolute atomic E-state index is 0. The van der Waals surface area contributed by atoms with E-state index < -0.39 is 6.10 Å². The van der Waals surface area contributed by atoms with E-state index in [0.29, 0.717) is 31.5 Å². The zero-order chi connectivity index (χ0) is 22.2. The first-order valence-corrected chi connectivity index (χ1v) is 11.2. The van der Waals surface area contributed by atoms with Crippen molar-refractivity contribution in [2.75, 3.05) is 26.2 Å². The van der Waals surface area contributed by atoms with E-state index in [1.54, 1.807) is 6.26 Å². The molecule has 7 nitrogen and oxygen atoms in total. The first-order valence-electron chi connectivity index (χ1n) is 11.2. The van der Waals surface area contributed by atoms with Crippen LogP contribution in [-0.2, 0) is 19.5 Å². The molecule has 0 spiro atoms. The van der Waals surface area contributed by atoms with Gasteiger partial charge in [0.1, 0.15) is 12.0 Å². The molecule has 0 bridgehead atoms. The van der Waals surface area contributed by atoms with Gasteiger partial charge in [-0.05, 0) is 36.6 Å². The standard InChI is InChI=1S/C25H31N5O2.HI/c1-2-26-25(27-14-22-18-32-24(29-22)20-9-4-3-5-10-20)28-15-23(31)17-30-13-12-19-8-6-7-11-21(19)16-30;/h3-11,18,23,31H,2,12-17H2,1H3,(H2,26,27,28);1H. The number of oxazole rings is 1. The highest BCUT2D eigenvalue weighted by Gasteiger charge is 2.18. The highest BCUT2D eigenvalue weighted by atomic mass is 127. The summed E-state index contributed by atoms with van der Waals surface area (Å²) in [6.45, 7) is 6.06. The summed E-state index contributed by atoms with van der Waals surface area (Å²) in [6, 6.07) is 18.4. The number of aliphatic imine (C=N–C) groups is 1. The maximum absolute atomic E-state index is 10.6. The lowest BCUT2D eigenvalue weighted by Crippen LogP contribution is -2.45. The molecule has 176 valence electrons. The van der Waals surface area contributed by atoms with Crippen molar-refractivity contribution >= 4 is 29.9 Å². The van der Waals surface area contributed by atoms with E-state index in [4.69, 9.17) is 4.42 Å². The second-order valence-electron chi connectivity index (χ2n) is 7.99. The molecule has 0 saturated carbocycles. The Bertz CT molecular complexity index is 1020. The molecule has 1 unspecified atom stereocenters. The summed E-state index contributed by atoms with van der Waals surface area (Å²) < 4.78 is 5.58. The Morgan fingerprint density at radius 1 is 1.12 bits per heavy atom. The molecule has 0 fully saturated rings. The monoisotopic (exact) mass is 561 g/mol. The van der Waals surface area contributed by atoms with Crippen molar-refractivity contribution in [3.63, 3.8) is 0 Å². The molecule has 1 atom stereocenters. The first kappa shape index (κ1) is 25.2. The van der Waals surface area contributed by atoms with Gasteiger partial charge in [-0.25, -0.2) is 9.98 Å². The number of halogens is 1. The van der Waals surface area contributed by atoms with Crippen molar-refractivity contribution in [3.8, 4) is 11.5 Å². The molecule has 3 aromatic rings. The van der Waals surface area contributed by atoms with Gasteiger partial charge in [0.2, 0.25) is 5.89 Å². The fourth-order valence-corrected chi connectivity index (χ4v) is 3.88. The third-order valence-corrected chi connectivity index (χ3v) is 5.50. The van der Waals surface area contributed by atoms with Crippen LogP contribution >= 0.6 is 24.0 Å². The van der Waals surface area contributed by atoms with Crippen molar-refractivity contribution in [2.24, 2.45) is 4.99 Å². The van der Waals surface area contributed by atoms with Gasteiger partial charge in [0.05, 0.1) is 12.6 Å². The zero-order valence-corrected chi connectivity index (χ0v) is 21.2. The molecule has 33 heavy (non-hydrogen) atoms. The van der Waals surface area contributed by atoms with Crippen LogP contribution in [0.25, 0.3) is 11.5 Å². The Balaban J connectivity index is 0.00000306. The second kappa shape index (κ2) is 12.7. The average Bonchev–Trinajstić information content (AvgIpc) is 3.30. The fraction of sp³-hybridized carbons (Fsp3) is 0.360. The molecule has 8 heteroatoms. The van der Waals surface area contributed by atoms with E-state index in [2.05, 4.69) is 49.8 Å². The number of guanidine groups is 1. The Morgan fingerprint density at radius 2 is 1.88 bits per heavy atom. The SMILES string of the molecule is CCNC(=NCc1coc(-c2ccccc2)n1)NCC(O)CN1CCc2ccccc2C1.I. The molecule has 0 saturated heterocycles. The number of hydrogen-bond donors (Lipinski definition) is 3. The van der Waals surface area contributed by atoms with E-state index in [-0.39, 0.29) is 24.0 Å². The van der Waals surface area contributed by atoms with Gasteiger partial charge in [0.15, 0.2) is 5.96 Å². The molecule has 0 amide bonds. The molecule has 3 N–H and O–H groups in total. The van der Waals surface area contributed by atoms with Crippen LogP contribution in [0.3, 0.4) is 0 Å². The normalized spacial score (nSPS) is 14.8. The summed E-state index contributed by atoms with van der Waals surface area (Å²) in [4.78, 5) is 11.4. The average molecular weight is 561 g/mol. The van der Waals surface area contributed by atoms with Crippen molar-refractivity contribution in [1.29, 1.82) is 0 Å².